The van der Waals surface area contributed by atoms with Crippen LogP contribution in [-0.2, 0) is 12.8 Å². The summed E-state index contributed by atoms with van der Waals surface area (Å²) in [5.41, 5.74) is 0.944. The molecule has 0 atom stereocenters. The summed E-state index contributed by atoms with van der Waals surface area (Å²) in [6.45, 7) is 1.89. The molecule has 3 aromatic heterocycles. The lowest BCUT2D eigenvalue weighted by atomic mass is 10.3. The van der Waals surface area contributed by atoms with Gasteiger partial charge in [-0.1, -0.05) is 10.4 Å². The van der Waals surface area contributed by atoms with Crippen LogP contribution < -0.4 is 0 Å². The number of aromatic nitrogens is 8. The molecule has 0 unspecified atom stereocenters. The fraction of sp³-hybridized carbons (Fsp3) is 0.333. The standard InChI is InChI=1S/C9H10N8O/c1-5-10-4-6(11-5)2-7-12-9(18-15-7)3-8-13-16-17-14-8/h4H,2-3H2,1H3,(H,10,11)(H,13,14,16,17). The zero-order valence-corrected chi connectivity index (χ0v) is 9.58. The molecule has 2 N–H and O–H groups in total. The highest BCUT2D eigenvalue weighted by Gasteiger charge is 2.11. The summed E-state index contributed by atoms with van der Waals surface area (Å²) in [5.74, 6) is 2.43. The first-order chi connectivity index (χ1) is 8.79. The van der Waals surface area contributed by atoms with E-state index >= 15 is 0 Å². The Bertz CT molecular complexity index is 625. The summed E-state index contributed by atoms with van der Waals surface area (Å²) in [6, 6.07) is 0. The van der Waals surface area contributed by atoms with E-state index in [0.29, 0.717) is 30.4 Å². The Morgan fingerprint density at radius 3 is 2.94 bits per heavy atom. The molecule has 3 aromatic rings. The van der Waals surface area contributed by atoms with Gasteiger partial charge in [0.1, 0.15) is 5.82 Å². The van der Waals surface area contributed by atoms with Crippen LogP contribution in [0.3, 0.4) is 0 Å². The average molecular weight is 246 g/mol. The lowest BCUT2D eigenvalue weighted by molar-refractivity contribution is 0.378. The van der Waals surface area contributed by atoms with Crippen LogP contribution in [0.1, 0.15) is 29.1 Å². The van der Waals surface area contributed by atoms with Crippen LogP contribution in [0.25, 0.3) is 0 Å². The smallest absolute Gasteiger partial charge is 0.234 e. The summed E-state index contributed by atoms with van der Waals surface area (Å²) in [7, 11) is 0. The molecule has 0 saturated heterocycles. The van der Waals surface area contributed by atoms with E-state index in [2.05, 4.69) is 40.7 Å². The summed E-state index contributed by atoms with van der Waals surface area (Å²) < 4.78 is 5.10. The van der Waals surface area contributed by atoms with Gasteiger partial charge >= 0.3 is 0 Å². The van der Waals surface area contributed by atoms with Crippen molar-refractivity contribution in [1.29, 1.82) is 0 Å². The summed E-state index contributed by atoms with van der Waals surface area (Å²) in [6.07, 6.45) is 2.67. The number of hydrogen-bond donors (Lipinski definition) is 2. The lowest BCUT2D eigenvalue weighted by Crippen LogP contribution is -1.94. The van der Waals surface area contributed by atoms with Crippen LogP contribution in [-0.4, -0.2) is 40.7 Å². The largest absolute Gasteiger partial charge is 0.346 e. The van der Waals surface area contributed by atoms with Gasteiger partial charge in [0.2, 0.25) is 5.89 Å². The molecule has 0 amide bonds. The Hall–Kier alpha value is -2.58. The fourth-order valence-electron chi connectivity index (χ4n) is 1.56. The quantitative estimate of drug-likeness (QED) is 0.653. The average Bonchev–Trinajstić information content (AvgIpc) is 3.04. The van der Waals surface area contributed by atoms with Crippen molar-refractivity contribution in [3.8, 4) is 0 Å². The second-order valence-corrected chi connectivity index (χ2v) is 3.78. The van der Waals surface area contributed by atoms with E-state index < -0.39 is 0 Å². The van der Waals surface area contributed by atoms with E-state index in [9.17, 15) is 0 Å². The number of nitrogens with zero attached hydrogens (tertiary/aromatic N) is 6. The first-order valence-corrected chi connectivity index (χ1v) is 5.34. The molecule has 0 aromatic carbocycles. The number of hydrogen-bond acceptors (Lipinski definition) is 7. The third kappa shape index (κ3) is 2.24. The predicted octanol–water partition coefficient (Wildman–Crippen LogP) is -0.204. The first-order valence-electron chi connectivity index (χ1n) is 5.34. The number of nitrogens with one attached hydrogen (secondary N) is 2. The van der Waals surface area contributed by atoms with Gasteiger partial charge in [-0.15, -0.1) is 10.2 Å². The summed E-state index contributed by atoms with van der Waals surface area (Å²) in [4.78, 5) is 11.5. The van der Waals surface area contributed by atoms with E-state index in [1.165, 1.54) is 0 Å². The monoisotopic (exact) mass is 246 g/mol. The van der Waals surface area contributed by atoms with Crippen LogP contribution in [0.4, 0.5) is 0 Å². The highest BCUT2D eigenvalue weighted by molar-refractivity contribution is 5.07. The summed E-state index contributed by atoms with van der Waals surface area (Å²) >= 11 is 0. The highest BCUT2D eigenvalue weighted by Crippen LogP contribution is 2.06. The van der Waals surface area contributed by atoms with Gasteiger partial charge in [0, 0.05) is 11.9 Å². The second kappa shape index (κ2) is 4.35. The zero-order chi connectivity index (χ0) is 12.4. The minimum Gasteiger partial charge on any atom is -0.346 e. The lowest BCUT2D eigenvalue weighted by Gasteiger charge is -1.88. The molecule has 0 spiro atoms. The fourth-order valence-corrected chi connectivity index (χ4v) is 1.56. The minimum atomic E-state index is 0.367. The van der Waals surface area contributed by atoms with Crippen LogP contribution in [0.2, 0.25) is 0 Å². The van der Waals surface area contributed by atoms with Crippen molar-refractivity contribution in [3.05, 3.63) is 35.3 Å². The minimum absolute atomic E-state index is 0.367. The molecule has 9 nitrogen and oxygen atoms in total. The van der Waals surface area contributed by atoms with Gasteiger partial charge < -0.3 is 9.51 Å². The molecular weight excluding hydrogens is 236 g/mol. The molecule has 0 saturated carbocycles. The molecule has 0 aliphatic rings. The Balaban J connectivity index is 1.69. The van der Waals surface area contributed by atoms with Gasteiger partial charge in [-0.3, -0.25) is 0 Å². The van der Waals surface area contributed by atoms with Crippen molar-refractivity contribution in [3.63, 3.8) is 0 Å². The molecule has 0 radical (unpaired) electrons. The number of H-pyrrole nitrogens is 2. The maximum atomic E-state index is 5.10. The van der Waals surface area contributed by atoms with E-state index in [4.69, 9.17) is 4.52 Å². The maximum Gasteiger partial charge on any atom is 0.234 e. The van der Waals surface area contributed by atoms with Crippen molar-refractivity contribution < 1.29 is 4.52 Å². The Kier molecular flexibility index (Phi) is 2.56. The van der Waals surface area contributed by atoms with Gasteiger partial charge in [-0.25, -0.2) is 4.98 Å². The molecular formula is C9H10N8O. The number of tetrazole rings is 1. The van der Waals surface area contributed by atoms with Crippen molar-refractivity contribution in [2.45, 2.75) is 19.8 Å². The third-order valence-corrected chi connectivity index (χ3v) is 2.31. The molecule has 3 heterocycles. The van der Waals surface area contributed by atoms with Gasteiger partial charge in [0.25, 0.3) is 0 Å². The van der Waals surface area contributed by atoms with Gasteiger partial charge in [-0.2, -0.15) is 10.2 Å². The molecule has 9 heteroatoms. The van der Waals surface area contributed by atoms with E-state index in [1.54, 1.807) is 6.20 Å². The molecule has 3 rings (SSSR count). The van der Waals surface area contributed by atoms with Crippen molar-refractivity contribution in [2.75, 3.05) is 0 Å². The molecule has 92 valence electrons. The molecule has 0 aliphatic heterocycles. The zero-order valence-electron chi connectivity index (χ0n) is 9.58. The number of imidazole rings is 1. The topological polar surface area (TPSA) is 122 Å². The van der Waals surface area contributed by atoms with Gasteiger partial charge in [0.05, 0.1) is 12.8 Å². The third-order valence-electron chi connectivity index (χ3n) is 2.31. The molecule has 0 bridgehead atoms. The molecule has 18 heavy (non-hydrogen) atoms. The first kappa shape index (κ1) is 10.6. The van der Waals surface area contributed by atoms with E-state index in [-0.39, 0.29) is 0 Å². The molecule has 0 aliphatic carbocycles. The van der Waals surface area contributed by atoms with Crippen molar-refractivity contribution in [2.24, 2.45) is 0 Å². The van der Waals surface area contributed by atoms with Gasteiger partial charge in [-0.05, 0) is 6.92 Å². The predicted molar refractivity (Wildman–Crippen MR) is 57.4 cm³/mol. The SMILES string of the molecule is Cc1ncc(Cc2noc(Cc3nn[nH]n3)n2)[nH]1. The Morgan fingerprint density at radius 1 is 1.28 bits per heavy atom. The van der Waals surface area contributed by atoms with Crippen molar-refractivity contribution in [1.82, 2.24) is 40.7 Å². The van der Waals surface area contributed by atoms with Gasteiger partial charge in [0.15, 0.2) is 11.6 Å². The maximum absolute atomic E-state index is 5.10. The van der Waals surface area contributed by atoms with Crippen LogP contribution in [0.5, 0.6) is 0 Å². The Morgan fingerprint density at radius 2 is 2.22 bits per heavy atom. The summed E-state index contributed by atoms with van der Waals surface area (Å²) in [5, 5.41) is 17.3. The number of rotatable bonds is 4. The van der Waals surface area contributed by atoms with E-state index in [1.807, 2.05) is 6.92 Å². The van der Waals surface area contributed by atoms with Crippen molar-refractivity contribution >= 4 is 0 Å². The second-order valence-electron chi connectivity index (χ2n) is 3.78. The highest BCUT2D eigenvalue weighted by atomic mass is 16.5. The normalized spacial score (nSPS) is 10.9. The van der Waals surface area contributed by atoms with Crippen LogP contribution in [0.15, 0.2) is 10.7 Å². The van der Waals surface area contributed by atoms with Crippen LogP contribution >= 0.6 is 0 Å². The number of aromatic amines is 2. The Labute approximate surface area is 101 Å². The van der Waals surface area contributed by atoms with E-state index in [0.717, 1.165) is 11.5 Å². The molecule has 0 fully saturated rings. The number of aryl methyl sites for hydroxylation is 1. The van der Waals surface area contributed by atoms with Crippen LogP contribution in [0, 0.1) is 6.92 Å².